The summed E-state index contributed by atoms with van der Waals surface area (Å²) >= 11 is 0. The Morgan fingerprint density at radius 2 is 2.29 bits per heavy atom. The highest BCUT2D eigenvalue weighted by Crippen LogP contribution is 2.22. The Balaban J connectivity index is 2.31. The third-order valence-corrected chi connectivity index (χ3v) is 2.79. The minimum Gasteiger partial charge on any atom is -0.481 e. The predicted octanol–water partition coefficient (Wildman–Crippen LogP) is 1.97. The molecule has 0 radical (unpaired) electrons. The van der Waals surface area contributed by atoms with E-state index in [4.69, 9.17) is 5.11 Å². The molecule has 0 spiro atoms. The Labute approximate surface area is 86.1 Å². The second kappa shape index (κ2) is 5.35. The number of hydrogen-bond donors (Lipinski definition) is 1. The van der Waals surface area contributed by atoms with Crippen molar-refractivity contribution in [3.63, 3.8) is 0 Å². The molecule has 82 valence electrons. The van der Waals surface area contributed by atoms with E-state index in [1.807, 2.05) is 0 Å². The van der Waals surface area contributed by atoms with E-state index >= 15 is 0 Å². The fourth-order valence-electron chi connectivity index (χ4n) is 2.22. The second-order valence-corrected chi connectivity index (χ2v) is 4.62. The molecule has 1 saturated heterocycles. The van der Waals surface area contributed by atoms with E-state index in [-0.39, 0.29) is 0 Å². The highest BCUT2D eigenvalue weighted by Gasteiger charge is 2.24. The van der Waals surface area contributed by atoms with Crippen molar-refractivity contribution < 1.29 is 9.90 Å². The summed E-state index contributed by atoms with van der Waals surface area (Å²) in [6, 6.07) is 0.522. The Kier molecular flexibility index (Phi) is 4.39. The van der Waals surface area contributed by atoms with Gasteiger partial charge in [0.05, 0.1) is 0 Å². The molecular formula is C11H21NO2. The number of carboxylic acid groups (broad SMARTS) is 1. The Morgan fingerprint density at radius 1 is 1.57 bits per heavy atom. The van der Waals surface area contributed by atoms with Gasteiger partial charge in [-0.3, -0.25) is 4.79 Å². The second-order valence-electron chi connectivity index (χ2n) is 4.62. The molecule has 0 bridgehead atoms. The van der Waals surface area contributed by atoms with Crippen molar-refractivity contribution in [3.05, 3.63) is 0 Å². The van der Waals surface area contributed by atoms with Gasteiger partial charge in [-0.1, -0.05) is 13.8 Å². The van der Waals surface area contributed by atoms with Gasteiger partial charge >= 0.3 is 5.97 Å². The van der Waals surface area contributed by atoms with Crippen molar-refractivity contribution in [1.82, 2.24) is 4.90 Å². The van der Waals surface area contributed by atoms with Gasteiger partial charge in [0.2, 0.25) is 0 Å². The van der Waals surface area contributed by atoms with Crippen molar-refractivity contribution in [2.75, 3.05) is 13.1 Å². The van der Waals surface area contributed by atoms with Crippen LogP contribution in [0.1, 0.15) is 39.5 Å². The molecule has 1 aliphatic heterocycles. The lowest BCUT2D eigenvalue weighted by molar-refractivity contribution is -0.137. The van der Waals surface area contributed by atoms with Crippen molar-refractivity contribution >= 4 is 5.97 Å². The molecule has 0 aromatic carbocycles. The largest absolute Gasteiger partial charge is 0.481 e. The maximum absolute atomic E-state index is 10.5. The van der Waals surface area contributed by atoms with Gasteiger partial charge in [0, 0.05) is 19.0 Å². The number of hydrogen-bond acceptors (Lipinski definition) is 2. The normalized spacial score (nSPS) is 23.2. The fourth-order valence-corrected chi connectivity index (χ4v) is 2.22. The number of aliphatic carboxylic acids is 1. The summed E-state index contributed by atoms with van der Waals surface area (Å²) < 4.78 is 0. The van der Waals surface area contributed by atoms with Crippen molar-refractivity contribution in [2.45, 2.75) is 45.6 Å². The molecule has 1 N–H and O–H groups in total. The molecule has 0 amide bonds. The van der Waals surface area contributed by atoms with Gasteiger partial charge in [-0.15, -0.1) is 0 Å². The smallest absolute Gasteiger partial charge is 0.303 e. The molecule has 0 aliphatic carbocycles. The van der Waals surface area contributed by atoms with Crippen LogP contribution in [-0.2, 0) is 4.79 Å². The van der Waals surface area contributed by atoms with Crippen LogP contribution >= 0.6 is 0 Å². The third-order valence-electron chi connectivity index (χ3n) is 2.79. The lowest BCUT2D eigenvalue weighted by Crippen LogP contribution is -2.33. The molecule has 1 heterocycles. The van der Waals surface area contributed by atoms with Gasteiger partial charge in [0.15, 0.2) is 0 Å². The summed E-state index contributed by atoms with van der Waals surface area (Å²) in [4.78, 5) is 12.9. The average Bonchev–Trinajstić information content (AvgIpc) is 2.47. The topological polar surface area (TPSA) is 40.5 Å². The molecule has 0 aromatic rings. The van der Waals surface area contributed by atoms with Gasteiger partial charge < -0.3 is 10.0 Å². The van der Waals surface area contributed by atoms with Gasteiger partial charge in [-0.05, 0) is 31.7 Å². The van der Waals surface area contributed by atoms with Gasteiger partial charge in [0.25, 0.3) is 0 Å². The number of rotatable bonds is 5. The first kappa shape index (κ1) is 11.5. The van der Waals surface area contributed by atoms with E-state index in [0.717, 1.165) is 19.5 Å². The monoisotopic (exact) mass is 199 g/mol. The minimum absolute atomic E-state index is 0.319. The molecule has 1 unspecified atom stereocenters. The highest BCUT2D eigenvalue weighted by atomic mass is 16.4. The Bertz CT molecular complexity index is 192. The number of likely N-dealkylation sites (tertiary alicyclic amines) is 1. The van der Waals surface area contributed by atoms with Crippen LogP contribution in [0.25, 0.3) is 0 Å². The van der Waals surface area contributed by atoms with Crippen molar-refractivity contribution in [2.24, 2.45) is 5.92 Å². The molecule has 0 aromatic heterocycles. The van der Waals surface area contributed by atoms with E-state index in [0.29, 0.717) is 18.4 Å². The molecule has 0 saturated carbocycles. The fraction of sp³-hybridized carbons (Fsp3) is 0.909. The first-order valence-electron chi connectivity index (χ1n) is 5.55. The van der Waals surface area contributed by atoms with Crippen LogP contribution in [-0.4, -0.2) is 35.1 Å². The summed E-state index contributed by atoms with van der Waals surface area (Å²) in [6.07, 6.45) is 3.55. The zero-order valence-electron chi connectivity index (χ0n) is 9.20. The van der Waals surface area contributed by atoms with E-state index in [9.17, 15) is 4.79 Å². The molecule has 1 aliphatic rings. The Morgan fingerprint density at radius 3 is 2.86 bits per heavy atom. The quantitative estimate of drug-likeness (QED) is 0.736. The van der Waals surface area contributed by atoms with Gasteiger partial charge in [0.1, 0.15) is 0 Å². The molecular weight excluding hydrogens is 178 g/mol. The van der Waals surface area contributed by atoms with E-state index in [2.05, 4.69) is 18.7 Å². The molecule has 1 fully saturated rings. The van der Waals surface area contributed by atoms with E-state index < -0.39 is 5.97 Å². The van der Waals surface area contributed by atoms with Crippen LogP contribution in [0.4, 0.5) is 0 Å². The maximum Gasteiger partial charge on any atom is 0.303 e. The van der Waals surface area contributed by atoms with Crippen LogP contribution in [0.5, 0.6) is 0 Å². The lowest BCUT2D eigenvalue weighted by Gasteiger charge is -2.25. The van der Waals surface area contributed by atoms with Crippen LogP contribution in [0.3, 0.4) is 0 Å². The first-order valence-corrected chi connectivity index (χ1v) is 5.55. The maximum atomic E-state index is 10.5. The Hall–Kier alpha value is -0.570. The van der Waals surface area contributed by atoms with Gasteiger partial charge in [-0.25, -0.2) is 0 Å². The molecule has 1 rings (SSSR count). The van der Waals surface area contributed by atoms with Crippen LogP contribution in [0, 0.1) is 5.92 Å². The zero-order chi connectivity index (χ0) is 10.6. The summed E-state index contributed by atoms with van der Waals surface area (Å²) in [5.74, 6) is 0.0156. The number of carbonyl (C=O) groups is 1. The summed E-state index contributed by atoms with van der Waals surface area (Å²) in [5.41, 5.74) is 0. The van der Waals surface area contributed by atoms with Crippen LogP contribution in [0.2, 0.25) is 0 Å². The van der Waals surface area contributed by atoms with Crippen molar-refractivity contribution in [1.29, 1.82) is 0 Å². The van der Waals surface area contributed by atoms with Gasteiger partial charge in [-0.2, -0.15) is 0 Å². The summed E-state index contributed by atoms with van der Waals surface area (Å²) in [6.45, 7) is 6.70. The summed E-state index contributed by atoms with van der Waals surface area (Å²) in [7, 11) is 0. The SMILES string of the molecule is CC(C)CN1CCCC1CCC(=O)O. The number of nitrogens with zero attached hydrogens (tertiary/aromatic N) is 1. The lowest BCUT2D eigenvalue weighted by atomic mass is 10.1. The average molecular weight is 199 g/mol. The van der Waals surface area contributed by atoms with E-state index in [1.165, 1.54) is 12.8 Å². The van der Waals surface area contributed by atoms with Crippen molar-refractivity contribution in [3.8, 4) is 0 Å². The highest BCUT2D eigenvalue weighted by molar-refractivity contribution is 5.66. The third kappa shape index (κ3) is 3.66. The molecule has 1 atom stereocenters. The zero-order valence-corrected chi connectivity index (χ0v) is 9.20. The first-order chi connectivity index (χ1) is 6.59. The molecule has 3 heteroatoms. The van der Waals surface area contributed by atoms with Crippen LogP contribution < -0.4 is 0 Å². The summed E-state index contributed by atoms with van der Waals surface area (Å²) in [5, 5.41) is 8.62. The predicted molar refractivity (Wildman–Crippen MR) is 56.3 cm³/mol. The standard InChI is InChI=1S/C11H21NO2/c1-9(2)8-12-7-3-4-10(12)5-6-11(13)14/h9-10H,3-8H2,1-2H3,(H,13,14). The van der Waals surface area contributed by atoms with E-state index in [1.54, 1.807) is 0 Å². The molecule has 14 heavy (non-hydrogen) atoms. The minimum atomic E-state index is -0.665. The van der Waals surface area contributed by atoms with Crippen LogP contribution in [0.15, 0.2) is 0 Å². The number of carboxylic acids is 1. The molecule has 3 nitrogen and oxygen atoms in total.